The predicted molar refractivity (Wildman–Crippen MR) is 103 cm³/mol. The molecule has 0 aliphatic heterocycles. The van der Waals surface area contributed by atoms with E-state index in [1.54, 1.807) is 12.4 Å². The highest BCUT2D eigenvalue weighted by Gasteiger charge is 2.12. The molecule has 2 N–H and O–H groups in total. The van der Waals surface area contributed by atoms with Crippen LogP contribution in [0.2, 0.25) is 0 Å². The lowest BCUT2D eigenvalue weighted by molar-refractivity contribution is 1.23. The summed E-state index contributed by atoms with van der Waals surface area (Å²) >= 11 is 0. The summed E-state index contributed by atoms with van der Waals surface area (Å²) in [7, 11) is 0. The largest absolute Gasteiger partial charge is 0.345 e. The molecule has 2 aromatic carbocycles. The zero-order valence-corrected chi connectivity index (χ0v) is 13.7. The fourth-order valence-electron chi connectivity index (χ4n) is 3.22. The Morgan fingerprint density at radius 3 is 2.62 bits per heavy atom. The Hall–Kier alpha value is -3.73. The van der Waals surface area contributed by atoms with E-state index in [0.29, 0.717) is 5.65 Å². The Labute approximate surface area is 148 Å². The summed E-state index contributed by atoms with van der Waals surface area (Å²) in [5, 5.41) is 0.890. The molecule has 0 bridgehead atoms. The van der Waals surface area contributed by atoms with Crippen molar-refractivity contribution >= 4 is 22.1 Å². The molecule has 3 aromatic heterocycles. The van der Waals surface area contributed by atoms with Crippen LogP contribution in [0.3, 0.4) is 0 Å². The van der Waals surface area contributed by atoms with Gasteiger partial charge in [0.05, 0.1) is 23.1 Å². The maximum absolute atomic E-state index is 11.7. The Kier molecular flexibility index (Phi) is 3.18. The lowest BCUT2D eigenvalue weighted by Crippen LogP contribution is -2.04. The molecule has 0 fully saturated rings. The molecule has 0 aliphatic rings. The summed E-state index contributed by atoms with van der Waals surface area (Å²) in [6.45, 7) is 0. The van der Waals surface area contributed by atoms with Crippen molar-refractivity contribution in [1.82, 2.24) is 19.9 Å². The number of aromatic nitrogens is 4. The van der Waals surface area contributed by atoms with Crippen LogP contribution in [-0.4, -0.2) is 19.9 Å². The van der Waals surface area contributed by atoms with Crippen LogP contribution < -0.4 is 5.56 Å². The number of benzene rings is 2. The van der Waals surface area contributed by atoms with Crippen LogP contribution in [-0.2, 0) is 0 Å². The highest BCUT2D eigenvalue weighted by atomic mass is 16.1. The molecule has 5 nitrogen and oxygen atoms in total. The summed E-state index contributed by atoms with van der Waals surface area (Å²) in [6.07, 6.45) is 1.69. The molecule has 0 spiro atoms. The van der Waals surface area contributed by atoms with E-state index >= 15 is 0 Å². The highest BCUT2D eigenvalue weighted by Crippen LogP contribution is 2.33. The third kappa shape index (κ3) is 2.38. The van der Waals surface area contributed by atoms with Gasteiger partial charge >= 0.3 is 0 Å². The molecule has 0 saturated carbocycles. The van der Waals surface area contributed by atoms with E-state index in [0.717, 1.165) is 38.8 Å². The summed E-state index contributed by atoms with van der Waals surface area (Å²) in [5.74, 6) is 0. The number of fused-ring (bicyclic) bond motifs is 2. The van der Waals surface area contributed by atoms with Gasteiger partial charge in [0.15, 0.2) is 0 Å². The van der Waals surface area contributed by atoms with E-state index in [1.807, 2.05) is 42.5 Å². The molecule has 0 amide bonds. The van der Waals surface area contributed by atoms with Crippen molar-refractivity contribution in [3.8, 4) is 22.4 Å². The molecular weight excluding hydrogens is 324 g/mol. The second-order valence-electron chi connectivity index (χ2n) is 6.15. The van der Waals surface area contributed by atoms with Crippen LogP contribution >= 0.6 is 0 Å². The first kappa shape index (κ1) is 14.6. The lowest BCUT2D eigenvalue weighted by Gasteiger charge is -2.11. The van der Waals surface area contributed by atoms with Crippen LogP contribution in [0.4, 0.5) is 0 Å². The summed E-state index contributed by atoms with van der Waals surface area (Å²) in [5.41, 5.74) is 6.18. The van der Waals surface area contributed by atoms with Crippen molar-refractivity contribution in [3.63, 3.8) is 0 Å². The third-order valence-corrected chi connectivity index (χ3v) is 4.49. The summed E-state index contributed by atoms with van der Waals surface area (Å²) in [4.78, 5) is 26.8. The van der Waals surface area contributed by atoms with E-state index < -0.39 is 0 Å². The number of hydrogen-bond donors (Lipinski definition) is 2. The molecule has 124 valence electrons. The van der Waals surface area contributed by atoms with Gasteiger partial charge in [0.1, 0.15) is 5.65 Å². The topological polar surface area (TPSA) is 74.4 Å². The van der Waals surface area contributed by atoms with Crippen LogP contribution in [0, 0.1) is 0 Å². The van der Waals surface area contributed by atoms with Crippen molar-refractivity contribution in [1.29, 1.82) is 0 Å². The Balaban J connectivity index is 1.84. The van der Waals surface area contributed by atoms with Gasteiger partial charge in [0, 0.05) is 22.6 Å². The lowest BCUT2D eigenvalue weighted by atomic mass is 9.98. The number of H-pyrrole nitrogens is 2. The van der Waals surface area contributed by atoms with Gasteiger partial charge in [-0.15, -0.1) is 0 Å². The maximum Gasteiger partial charge on any atom is 0.249 e. The van der Waals surface area contributed by atoms with E-state index in [2.05, 4.69) is 27.1 Å². The van der Waals surface area contributed by atoms with Crippen molar-refractivity contribution < 1.29 is 0 Å². The zero-order chi connectivity index (χ0) is 17.5. The van der Waals surface area contributed by atoms with E-state index in [4.69, 9.17) is 4.98 Å². The summed E-state index contributed by atoms with van der Waals surface area (Å²) in [6, 6.07) is 21.5. The van der Waals surface area contributed by atoms with Gasteiger partial charge in [0.2, 0.25) is 5.56 Å². The number of aromatic amines is 2. The van der Waals surface area contributed by atoms with Gasteiger partial charge < -0.3 is 9.97 Å². The number of imidazole rings is 1. The first-order valence-electron chi connectivity index (χ1n) is 8.31. The highest BCUT2D eigenvalue weighted by molar-refractivity contribution is 5.92. The average molecular weight is 338 g/mol. The van der Waals surface area contributed by atoms with Gasteiger partial charge in [-0.25, -0.2) is 9.97 Å². The molecule has 5 aromatic rings. The number of rotatable bonds is 2. The normalized spacial score (nSPS) is 11.2. The minimum Gasteiger partial charge on any atom is -0.345 e. The van der Waals surface area contributed by atoms with Crippen LogP contribution in [0.15, 0.2) is 77.9 Å². The average Bonchev–Trinajstić information content (AvgIpc) is 3.15. The Morgan fingerprint density at radius 1 is 0.846 bits per heavy atom. The standard InChI is InChI=1S/C21H14N4O/c26-19-9-7-15-10-16(14-6-8-17-18(11-14)23-12-22-17)20(25-21(15)24-19)13-4-2-1-3-5-13/h1-12H,(H,22,23)(H,24,25,26). The predicted octanol–water partition coefficient (Wildman–Crippen LogP) is 4.13. The molecule has 26 heavy (non-hydrogen) atoms. The van der Waals surface area contributed by atoms with Crippen LogP contribution in [0.25, 0.3) is 44.5 Å². The van der Waals surface area contributed by atoms with Crippen molar-refractivity contribution in [3.05, 3.63) is 83.4 Å². The van der Waals surface area contributed by atoms with E-state index in [-0.39, 0.29) is 5.56 Å². The van der Waals surface area contributed by atoms with Gasteiger partial charge in [-0.05, 0) is 29.8 Å². The van der Waals surface area contributed by atoms with Gasteiger partial charge in [0.25, 0.3) is 0 Å². The Morgan fingerprint density at radius 2 is 1.73 bits per heavy atom. The zero-order valence-electron chi connectivity index (χ0n) is 13.7. The minimum absolute atomic E-state index is 0.158. The first-order valence-corrected chi connectivity index (χ1v) is 8.31. The fourth-order valence-corrected chi connectivity index (χ4v) is 3.22. The smallest absolute Gasteiger partial charge is 0.249 e. The molecule has 0 saturated heterocycles. The number of nitrogens with one attached hydrogen (secondary N) is 2. The molecule has 0 unspecified atom stereocenters. The molecule has 0 radical (unpaired) electrons. The molecule has 0 aliphatic carbocycles. The molecule has 5 rings (SSSR count). The first-order chi connectivity index (χ1) is 12.8. The van der Waals surface area contributed by atoms with Crippen LogP contribution in [0.5, 0.6) is 0 Å². The maximum atomic E-state index is 11.7. The monoisotopic (exact) mass is 338 g/mol. The molecule has 5 heteroatoms. The second kappa shape index (κ2) is 5.67. The van der Waals surface area contributed by atoms with Gasteiger partial charge in [-0.3, -0.25) is 4.79 Å². The van der Waals surface area contributed by atoms with E-state index in [9.17, 15) is 4.79 Å². The molecule has 0 atom stereocenters. The second-order valence-corrected chi connectivity index (χ2v) is 6.15. The number of nitrogens with zero attached hydrogens (tertiary/aromatic N) is 2. The third-order valence-electron chi connectivity index (χ3n) is 4.49. The minimum atomic E-state index is -0.158. The van der Waals surface area contributed by atoms with Crippen LogP contribution in [0.1, 0.15) is 0 Å². The van der Waals surface area contributed by atoms with Gasteiger partial charge in [-0.2, -0.15) is 0 Å². The summed E-state index contributed by atoms with van der Waals surface area (Å²) < 4.78 is 0. The van der Waals surface area contributed by atoms with Crippen molar-refractivity contribution in [2.24, 2.45) is 0 Å². The quantitative estimate of drug-likeness (QED) is 0.508. The van der Waals surface area contributed by atoms with Crippen molar-refractivity contribution in [2.45, 2.75) is 0 Å². The number of hydrogen-bond acceptors (Lipinski definition) is 3. The SMILES string of the molecule is O=c1ccc2cc(-c3ccc4[nH]cnc4c3)c(-c3ccccc3)nc2[nH]1. The van der Waals surface area contributed by atoms with E-state index in [1.165, 1.54) is 6.07 Å². The fraction of sp³-hybridized carbons (Fsp3) is 0. The van der Waals surface area contributed by atoms with Gasteiger partial charge in [-0.1, -0.05) is 36.4 Å². The molecule has 3 heterocycles. The van der Waals surface area contributed by atoms with Crippen molar-refractivity contribution in [2.75, 3.05) is 0 Å². The number of pyridine rings is 2. The molecular formula is C21H14N4O. The Bertz CT molecular complexity index is 1300.